The van der Waals surface area contributed by atoms with E-state index in [1.807, 2.05) is 56.4 Å². The number of hydrogen-bond acceptors (Lipinski definition) is 7. The second-order valence-electron chi connectivity index (χ2n) is 9.25. The van der Waals surface area contributed by atoms with Crippen molar-refractivity contribution in [3.05, 3.63) is 99.3 Å². The van der Waals surface area contributed by atoms with Gasteiger partial charge in [0.2, 0.25) is 0 Å². The molecule has 0 bridgehead atoms. The van der Waals surface area contributed by atoms with E-state index in [9.17, 15) is 20.0 Å². The van der Waals surface area contributed by atoms with Gasteiger partial charge >= 0.3 is 5.97 Å². The first kappa shape index (κ1) is 27.5. The molecule has 3 N–H and O–H groups in total. The number of rotatable bonds is 10. The minimum Gasteiger partial charge on any atom is -0.480 e. The van der Waals surface area contributed by atoms with Gasteiger partial charge in [0.1, 0.15) is 16.9 Å². The highest BCUT2D eigenvalue weighted by atomic mass is 32.1. The van der Waals surface area contributed by atoms with Crippen LogP contribution in [0.1, 0.15) is 50.1 Å². The van der Waals surface area contributed by atoms with Gasteiger partial charge in [0.15, 0.2) is 0 Å². The fourth-order valence-corrected chi connectivity index (χ4v) is 5.19. The number of thiazole rings is 1. The second-order valence-corrected chi connectivity index (χ2v) is 10.4. The molecule has 0 aliphatic rings. The van der Waals surface area contributed by atoms with Crippen molar-refractivity contribution in [3.63, 3.8) is 0 Å². The molecule has 2 aromatic heterocycles. The maximum Gasteiger partial charge on any atom is 0.326 e. The van der Waals surface area contributed by atoms with E-state index in [4.69, 9.17) is 0 Å². The van der Waals surface area contributed by atoms with Crippen LogP contribution in [0.25, 0.3) is 10.4 Å². The smallest absolute Gasteiger partial charge is 0.326 e. The summed E-state index contributed by atoms with van der Waals surface area (Å²) in [5.74, 6) is -0.763. The molecule has 0 saturated heterocycles. The van der Waals surface area contributed by atoms with Crippen molar-refractivity contribution < 1.29 is 14.7 Å². The zero-order valence-electron chi connectivity index (χ0n) is 22.0. The van der Waals surface area contributed by atoms with E-state index in [-0.39, 0.29) is 6.42 Å². The molecule has 4 aromatic rings. The SMILES string of the molecule is CCc1cc(C#N)cc(C)c1C(=O)NC(Cc1ccc(-c2cnc(CNc3cc(C)ccn3)s2)cc1)C(=O)O. The molecule has 1 atom stereocenters. The monoisotopic (exact) mass is 539 g/mol. The second kappa shape index (κ2) is 12.3. The predicted molar refractivity (Wildman–Crippen MR) is 152 cm³/mol. The molecular weight excluding hydrogens is 510 g/mol. The Balaban J connectivity index is 1.42. The van der Waals surface area contributed by atoms with Gasteiger partial charge in [-0.2, -0.15) is 5.26 Å². The van der Waals surface area contributed by atoms with Crippen molar-refractivity contribution >= 4 is 29.0 Å². The van der Waals surface area contributed by atoms with Gasteiger partial charge in [-0.1, -0.05) is 31.2 Å². The van der Waals surface area contributed by atoms with E-state index in [2.05, 4.69) is 26.7 Å². The molecule has 1 unspecified atom stereocenters. The average molecular weight is 540 g/mol. The number of nitrogens with zero attached hydrogens (tertiary/aromatic N) is 3. The van der Waals surface area contributed by atoms with Crippen molar-refractivity contribution in [3.8, 4) is 16.5 Å². The number of carbonyl (C=O) groups is 2. The van der Waals surface area contributed by atoms with Crippen molar-refractivity contribution in [1.82, 2.24) is 15.3 Å². The number of pyridine rings is 1. The Hall–Kier alpha value is -4.55. The van der Waals surface area contributed by atoms with Gasteiger partial charge in [-0.15, -0.1) is 11.3 Å². The summed E-state index contributed by atoms with van der Waals surface area (Å²) in [7, 11) is 0. The highest BCUT2D eigenvalue weighted by Crippen LogP contribution is 2.27. The number of hydrogen-bond donors (Lipinski definition) is 3. The zero-order chi connectivity index (χ0) is 27.9. The van der Waals surface area contributed by atoms with Crippen molar-refractivity contribution in [1.29, 1.82) is 5.26 Å². The highest BCUT2D eigenvalue weighted by molar-refractivity contribution is 7.15. The third kappa shape index (κ3) is 6.86. The molecule has 0 spiro atoms. The molecule has 0 radical (unpaired) electrons. The molecule has 39 heavy (non-hydrogen) atoms. The number of anilines is 1. The molecule has 9 heteroatoms. The maximum atomic E-state index is 13.1. The molecule has 4 rings (SSSR count). The Morgan fingerprint density at radius 2 is 1.87 bits per heavy atom. The molecule has 8 nitrogen and oxygen atoms in total. The summed E-state index contributed by atoms with van der Waals surface area (Å²) >= 11 is 1.57. The maximum absolute atomic E-state index is 13.1. The van der Waals surface area contributed by atoms with Gasteiger partial charge in [-0.05, 0) is 72.4 Å². The first-order valence-electron chi connectivity index (χ1n) is 12.5. The Kier molecular flexibility index (Phi) is 8.69. The summed E-state index contributed by atoms with van der Waals surface area (Å²) in [5, 5.41) is 25.9. The average Bonchev–Trinajstić information content (AvgIpc) is 3.40. The molecule has 2 heterocycles. The quantitative estimate of drug-likeness (QED) is 0.250. The molecule has 198 valence electrons. The molecule has 0 saturated carbocycles. The molecule has 2 aromatic carbocycles. The van der Waals surface area contributed by atoms with Crippen LogP contribution < -0.4 is 10.6 Å². The number of carbonyl (C=O) groups excluding carboxylic acids is 1. The first-order valence-corrected chi connectivity index (χ1v) is 13.4. The lowest BCUT2D eigenvalue weighted by Gasteiger charge is -2.18. The van der Waals surface area contributed by atoms with Crippen LogP contribution in [0.2, 0.25) is 0 Å². The highest BCUT2D eigenvalue weighted by Gasteiger charge is 2.24. The number of carboxylic acid groups (broad SMARTS) is 1. The Morgan fingerprint density at radius 3 is 2.54 bits per heavy atom. The summed E-state index contributed by atoms with van der Waals surface area (Å²) < 4.78 is 0. The number of carboxylic acids is 1. The van der Waals surface area contributed by atoms with Gasteiger partial charge in [0.25, 0.3) is 5.91 Å². The van der Waals surface area contributed by atoms with Gasteiger partial charge in [-0.3, -0.25) is 4.79 Å². The Labute approximate surface area is 231 Å². The lowest BCUT2D eigenvalue weighted by molar-refractivity contribution is -0.139. The largest absolute Gasteiger partial charge is 0.480 e. The zero-order valence-corrected chi connectivity index (χ0v) is 22.8. The van der Waals surface area contributed by atoms with Crippen LogP contribution in [-0.4, -0.2) is 33.0 Å². The van der Waals surface area contributed by atoms with Crippen LogP contribution in [0.5, 0.6) is 0 Å². The lowest BCUT2D eigenvalue weighted by atomic mass is 9.95. The topological polar surface area (TPSA) is 128 Å². The number of aryl methyl sites for hydroxylation is 3. The number of benzene rings is 2. The fourth-order valence-electron chi connectivity index (χ4n) is 4.32. The lowest BCUT2D eigenvalue weighted by Crippen LogP contribution is -2.42. The van der Waals surface area contributed by atoms with Crippen LogP contribution in [0.3, 0.4) is 0 Å². The minimum atomic E-state index is -1.11. The number of amides is 1. The standard InChI is InChI=1S/C30H29N5O3S/c1-4-22-13-21(15-31)12-19(3)28(22)29(36)35-24(30(37)38)14-20-5-7-23(8-6-20)25-16-34-27(39-25)17-33-26-11-18(2)9-10-32-26/h5-13,16,24H,4,14,17H2,1-3H3,(H,32,33)(H,35,36)(H,37,38). The summed E-state index contributed by atoms with van der Waals surface area (Å²) in [5.41, 5.74) is 5.16. The molecular formula is C30H29N5O3S. The van der Waals surface area contributed by atoms with Crippen molar-refractivity contribution in [2.24, 2.45) is 0 Å². The van der Waals surface area contributed by atoms with E-state index in [0.29, 0.717) is 35.2 Å². The number of nitriles is 1. The van der Waals surface area contributed by atoms with E-state index >= 15 is 0 Å². The normalized spacial score (nSPS) is 11.4. The first-order chi connectivity index (χ1) is 18.8. The fraction of sp³-hybridized carbons (Fsp3) is 0.233. The van der Waals surface area contributed by atoms with Gasteiger partial charge < -0.3 is 15.7 Å². The van der Waals surface area contributed by atoms with Crippen LogP contribution in [0.15, 0.2) is 60.9 Å². The Morgan fingerprint density at radius 1 is 1.10 bits per heavy atom. The molecule has 0 aliphatic heterocycles. The van der Waals surface area contributed by atoms with E-state index < -0.39 is 17.9 Å². The number of nitrogens with one attached hydrogen (secondary N) is 2. The van der Waals surface area contributed by atoms with Crippen LogP contribution in [-0.2, 0) is 24.2 Å². The molecule has 0 fully saturated rings. The number of aliphatic carboxylic acids is 1. The van der Waals surface area contributed by atoms with Gasteiger partial charge in [0.05, 0.1) is 23.1 Å². The molecule has 0 aliphatic carbocycles. The van der Waals surface area contributed by atoms with Crippen molar-refractivity contribution in [2.75, 3.05) is 5.32 Å². The van der Waals surface area contributed by atoms with Crippen LogP contribution in [0.4, 0.5) is 5.82 Å². The molecule has 1 amide bonds. The summed E-state index contributed by atoms with van der Waals surface area (Å²) in [6.45, 7) is 6.23. The summed E-state index contributed by atoms with van der Waals surface area (Å²) in [6, 6.07) is 15.9. The van der Waals surface area contributed by atoms with Crippen molar-refractivity contribution in [2.45, 2.75) is 46.2 Å². The number of aromatic nitrogens is 2. The minimum absolute atomic E-state index is 0.138. The summed E-state index contributed by atoms with van der Waals surface area (Å²) in [6.07, 6.45) is 4.28. The summed E-state index contributed by atoms with van der Waals surface area (Å²) in [4.78, 5) is 34.9. The van der Waals surface area contributed by atoms with Gasteiger partial charge in [0, 0.05) is 24.4 Å². The van der Waals surface area contributed by atoms with Crippen LogP contribution >= 0.6 is 11.3 Å². The van der Waals surface area contributed by atoms with Crippen LogP contribution in [0, 0.1) is 25.2 Å². The Bertz CT molecular complexity index is 1540. The van der Waals surface area contributed by atoms with E-state index in [1.165, 1.54) is 0 Å². The predicted octanol–water partition coefficient (Wildman–Crippen LogP) is 5.29. The van der Waals surface area contributed by atoms with E-state index in [1.54, 1.807) is 36.6 Å². The van der Waals surface area contributed by atoms with Gasteiger partial charge in [-0.25, -0.2) is 14.8 Å². The third-order valence-corrected chi connectivity index (χ3v) is 7.37. The van der Waals surface area contributed by atoms with E-state index in [0.717, 1.165) is 32.4 Å². The third-order valence-electron chi connectivity index (χ3n) is 6.33.